The molecule has 1 aromatic carbocycles. The molecule has 1 aliphatic rings. The highest BCUT2D eigenvalue weighted by molar-refractivity contribution is 5.73. The minimum absolute atomic E-state index is 0.156. The number of hydrogen-bond donors (Lipinski definition) is 0. The van der Waals surface area contributed by atoms with Gasteiger partial charge in [0.15, 0.2) is 0 Å². The first-order valence-electron chi connectivity index (χ1n) is 14.7. The zero-order valence-electron chi connectivity index (χ0n) is 24.8. The van der Waals surface area contributed by atoms with E-state index in [2.05, 4.69) is 71.6 Å². The van der Waals surface area contributed by atoms with Gasteiger partial charge in [-0.25, -0.2) is 4.39 Å². The van der Waals surface area contributed by atoms with Gasteiger partial charge in [-0.1, -0.05) is 85.1 Å². The van der Waals surface area contributed by atoms with Crippen LogP contribution in [0.5, 0.6) is 0 Å². The van der Waals surface area contributed by atoms with Crippen molar-refractivity contribution in [3.63, 3.8) is 0 Å². The molecule has 1 saturated heterocycles. The van der Waals surface area contributed by atoms with Gasteiger partial charge in [-0.2, -0.15) is 0 Å². The highest BCUT2D eigenvalue weighted by Crippen LogP contribution is 2.42. The smallest absolute Gasteiger partial charge is 0.123 e. The van der Waals surface area contributed by atoms with Gasteiger partial charge in [0.1, 0.15) is 5.82 Å². The fraction of sp³-hybridized carbons (Fsp3) is 0.647. The average molecular weight is 496 g/mol. The Morgan fingerprint density at radius 2 is 1.81 bits per heavy atom. The summed E-state index contributed by atoms with van der Waals surface area (Å²) in [4.78, 5) is 2.64. The van der Waals surface area contributed by atoms with E-state index in [4.69, 9.17) is 0 Å². The minimum Gasteiger partial charge on any atom is -0.298 e. The van der Waals surface area contributed by atoms with Crippen LogP contribution < -0.4 is 0 Å². The van der Waals surface area contributed by atoms with E-state index in [0.717, 1.165) is 24.9 Å². The zero-order valence-corrected chi connectivity index (χ0v) is 24.8. The van der Waals surface area contributed by atoms with E-state index in [1.807, 2.05) is 13.0 Å². The average Bonchev–Trinajstić information content (AvgIpc) is 2.83. The summed E-state index contributed by atoms with van der Waals surface area (Å²) in [5.41, 5.74) is 7.33. The fourth-order valence-electron chi connectivity index (χ4n) is 6.35. The SMILES string of the molecule is C/C=C/C(=C\C(CC)=C(/CC)c1ccc(F)cc1C)CN1CC(CC)(CCCC(C)(CC)CCC)C1. The Kier molecular flexibility index (Phi) is 12.2. The highest BCUT2D eigenvalue weighted by Gasteiger charge is 2.41. The molecule has 202 valence electrons. The first-order valence-corrected chi connectivity index (χ1v) is 14.7. The molecule has 0 spiro atoms. The summed E-state index contributed by atoms with van der Waals surface area (Å²) in [5.74, 6) is -0.156. The zero-order chi connectivity index (χ0) is 26.8. The monoisotopic (exact) mass is 495 g/mol. The highest BCUT2D eigenvalue weighted by atomic mass is 19.1. The molecule has 1 aromatic rings. The molecule has 1 heterocycles. The first kappa shape index (κ1) is 30.6. The quantitative estimate of drug-likeness (QED) is 0.219. The van der Waals surface area contributed by atoms with Crippen molar-refractivity contribution in [3.05, 3.63) is 64.5 Å². The lowest BCUT2D eigenvalue weighted by Gasteiger charge is -2.51. The molecule has 1 nitrogen and oxygen atoms in total. The number of nitrogens with zero attached hydrogens (tertiary/aromatic N) is 1. The largest absolute Gasteiger partial charge is 0.298 e. The van der Waals surface area contributed by atoms with Crippen molar-refractivity contribution < 1.29 is 4.39 Å². The van der Waals surface area contributed by atoms with Crippen LogP contribution in [0.25, 0.3) is 5.57 Å². The van der Waals surface area contributed by atoms with Crippen molar-refractivity contribution in [1.29, 1.82) is 0 Å². The molecule has 0 radical (unpaired) electrons. The van der Waals surface area contributed by atoms with Crippen LogP contribution in [-0.2, 0) is 0 Å². The van der Waals surface area contributed by atoms with Crippen LogP contribution in [0.3, 0.4) is 0 Å². The van der Waals surface area contributed by atoms with Gasteiger partial charge in [-0.05, 0) is 103 Å². The van der Waals surface area contributed by atoms with E-state index in [1.165, 1.54) is 80.3 Å². The fourth-order valence-corrected chi connectivity index (χ4v) is 6.35. The standard InChI is InChI=1S/C34H54FN/c1-9-16-28(23-29(11-3)31(12-4)32-18-17-30(35)22-27(32)7)24-36-25-34(14-6,26-36)21-15-20-33(8,13-5)19-10-2/h9,16-18,22-23H,10-15,19-21,24-26H2,1-8H3/b16-9+,28-23+,31-29+. The third-order valence-electron chi connectivity index (χ3n) is 8.84. The van der Waals surface area contributed by atoms with Crippen molar-refractivity contribution in [2.24, 2.45) is 10.8 Å². The third-order valence-corrected chi connectivity index (χ3v) is 8.84. The summed E-state index contributed by atoms with van der Waals surface area (Å²) in [6.45, 7) is 21.6. The van der Waals surface area contributed by atoms with Gasteiger partial charge in [0.25, 0.3) is 0 Å². The maximum Gasteiger partial charge on any atom is 0.123 e. The summed E-state index contributed by atoms with van der Waals surface area (Å²) in [6.07, 6.45) is 18.1. The minimum atomic E-state index is -0.156. The van der Waals surface area contributed by atoms with E-state index in [1.54, 1.807) is 12.1 Å². The Morgan fingerprint density at radius 1 is 1.08 bits per heavy atom. The van der Waals surface area contributed by atoms with Crippen molar-refractivity contribution in [1.82, 2.24) is 4.90 Å². The number of rotatable bonds is 15. The lowest BCUT2D eigenvalue weighted by atomic mass is 9.70. The van der Waals surface area contributed by atoms with Gasteiger partial charge in [0.05, 0.1) is 0 Å². The van der Waals surface area contributed by atoms with Crippen LogP contribution in [0.15, 0.2) is 47.6 Å². The van der Waals surface area contributed by atoms with Gasteiger partial charge in [-0.3, -0.25) is 4.90 Å². The predicted molar refractivity (Wildman–Crippen MR) is 158 cm³/mol. The molecule has 36 heavy (non-hydrogen) atoms. The maximum atomic E-state index is 13.7. The first-order chi connectivity index (χ1) is 17.2. The molecule has 2 rings (SSSR count). The van der Waals surface area contributed by atoms with Gasteiger partial charge in [-0.15, -0.1) is 0 Å². The van der Waals surface area contributed by atoms with Crippen LogP contribution in [-0.4, -0.2) is 24.5 Å². The number of hydrogen-bond acceptors (Lipinski definition) is 1. The van der Waals surface area contributed by atoms with E-state index in [9.17, 15) is 4.39 Å². The van der Waals surface area contributed by atoms with Crippen molar-refractivity contribution in [2.45, 2.75) is 113 Å². The Bertz CT molecular complexity index is 915. The van der Waals surface area contributed by atoms with Crippen molar-refractivity contribution in [2.75, 3.05) is 19.6 Å². The van der Waals surface area contributed by atoms with Gasteiger partial charge in [0, 0.05) is 19.6 Å². The molecule has 1 unspecified atom stereocenters. The van der Waals surface area contributed by atoms with Gasteiger partial charge in [0.2, 0.25) is 0 Å². The Labute approximate surface area is 223 Å². The van der Waals surface area contributed by atoms with Crippen molar-refractivity contribution >= 4 is 5.57 Å². The predicted octanol–water partition coefficient (Wildman–Crippen LogP) is 10.3. The number of aryl methyl sites for hydroxylation is 1. The number of allylic oxidation sites excluding steroid dienone is 4. The van der Waals surface area contributed by atoms with Crippen molar-refractivity contribution in [3.8, 4) is 0 Å². The Balaban J connectivity index is 2.13. The second kappa shape index (κ2) is 14.3. The molecule has 1 aliphatic heterocycles. The molecular weight excluding hydrogens is 441 g/mol. The number of likely N-dealkylation sites (tertiary alicyclic amines) is 1. The summed E-state index contributed by atoms with van der Waals surface area (Å²) in [7, 11) is 0. The third kappa shape index (κ3) is 8.17. The van der Waals surface area contributed by atoms with E-state index < -0.39 is 0 Å². The van der Waals surface area contributed by atoms with E-state index in [-0.39, 0.29) is 5.82 Å². The normalized spacial score (nSPS) is 18.8. The molecule has 0 amide bonds. The lowest BCUT2D eigenvalue weighted by Crippen LogP contribution is -2.56. The molecule has 1 atom stereocenters. The van der Waals surface area contributed by atoms with E-state index in [0.29, 0.717) is 10.8 Å². The van der Waals surface area contributed by atoms with Crippen LogP contribution in [0.2, 0.25) is 0 Å². The Hall–Kier alpha value is -1.67. The Morgan fingerprint density at radius 3 is 2.33 bits per heavy atom. The molecule has 0 aromatic heterocycles. The molecule has 0 aliphatic carbocycles. The lowest BCUT2D eigenvalue weighted by molar-refractivity contribution is -0.00630. The molecule has 1 fully saturated rings. The topological polar surface area (TPSA) is 3.24 Å². The summed E-state index contributed by atoms with van der Waals surface area (Å²) in [5, 5.41) is 0. The van der Waals surface area contributed by atoms with E-state index >= 15 is 0 Å². The summed E-state index contributed by atoms with van der Waals surface area (Å²) < 4.78 is 13.7. The summed E-state index contributed by atoms with van der Waals surface area (Å²) >= 11 is 0. The number of halogens is 1. The second-order valence-electron chi connectivity index (χ2n) is 11.7. The summed E-state index contributed by atoms with van der Waals surface area (Å²) in [6, 6.07) is 5.21. The van der Waals surface area contributed by atoms with Gasteiger partial charge >= 0.3 is 0 Å². The van der Waals surface area contributed by atoms with Crippen LogP contribution in [0.4, 0.5) is 4.39 Å². The molecule has 0 bridgehead atoms. The maximum absolute atomic E-state index is 13.7. The molecular formula is C34H54FN. The molecule has 0 N–H and O–H groups in total. The molecule has 2 heteroatoms. The second-order valence-corrected chi connectivity index (χ2v) is 11.7. The molecule has 0 saturated carbocycles. The van der Waals surface area contributed by atoms with Crippen LogP contribution in [0, 0.1) is 23.6 Å². The van der Waals surface area contributed by atoms with Crippen LogP contribution in [0.1, 0.15) is 117 Å². The van der Waals surface area contributed by atoms with Crippen LogP contribution >= 0.6 is 0 Å². The van der Waals surface area contributed by atoms with Gasteiger partial charge < -0.3 is 0 Å². The number of benzene rings is 1.